The summed E-state index contributed by atoms with van der Waals surface area (Å²) in [6, 6.07) is 11.0. The van der Waals surface area contributed by atoms with E-state index in [1.165, 1.54) is 12.0 Å². The van der Waals surface area contributed by atoms with E-state index >= 15 is 0 Å². The van der Waals surface area contributed by atoms with Crippen LogP contribution in [-0.4, -0.2) is 24.0 Å². The molecule has 2 bridgehead atoms. The molecule has 0 aliphatic heterocycles. The summed E-state index contributed by atoms with van der Waals surface area (Å²) in [6.45, 7) is 4.64. The Bertz CT molecular complexity index is 558. The minimum atomic E-state index is 0.541. The Hall–Kier alpha value is -1.15. The molecule has 0 radical (unpaired) electrons. The first-order chi connectivity index (χ1) is 9.52. The van der Waals surface area contributed by atoms with Gasteiger partial charge in [0.1, 0.15) is 0 Å². The molecule has 1 nitrogen and oxygen atoms in total. The zero-order valence-corrected chi connectivity index (χ0v) is 13.6. The van der Waals surface area contributed by atoms with Crippen molar-refractivity contribution in [3.63, 3.8) is 0 Å². The van der Waals surface area contributed by atoms with Gasteiger partial charge in [0.2, 0.25) is 0 Å². The molecular weight excluding hydrogens is 262 g/mol. The molecule has 1 saturated carbocycles. The number of allylic oxidation sites excluding steroid dienone is 2. The quantitative estimate of drug-likeness (QED) is 0.590. The number of benzene rings is 1. The van der Waals surface area contributed by atoms with E-state index in [4.69, 9.17) is 12.2 Å². The van der Waals surface area contributed by atoms with Crippen molar-refractivity contribution in [3.05, 3.63) is 47.0 Å². The highest BCUT2D eigenvalue weighted by atomic mass is 32.1. The number of nitrogens with zero attached hydrogens (tertiary/aromatic N) is 1. The second kappa shape index (κ2) is 5.00. The molecule has 0 aromatic heterocycles. The highest BCUT2D eigenvalue weighted by Gasteiger charge is 2.52. The monoisotopic (exact) mass is 285 g/mol. The summed E-state index contributed by atoms with van der Waals surface area (Å²) in [5.41, 5.74) is 4.69. The average molecular weight is 285 g/mol. The van der Waals surface area contributed by atoms with Crippen molar-refractivity contribution >= 4 is 17.2 Å². The molecule has 0 unspecified atom stereocenters. The largest absolute Gasteiger partial charge is 0.372 e. The smallest absolute Gasteiger partial charge is 0.0811 e. The van der Waals surface area contributed by atoms with Crippen LogP contribution in [0.3, 0.4) is 0 Å². The van der Waals surface area contributed by atoms with Gasteiger partial charge in [-0.05, 0) is 43.6 Å². The minimum Gasteiger partial charge on any atom is -0.372 e. The highest BCUT2D eigenvalue weighted by Crippen LogP contribution is 2.60. The lowest BCUT2D eigenvalue weighted by Gasteiger charge is -2.29. The van der Waals surface area contributed by atoms with Gasteiger partial charge in [0, 0.05) is 20.0 Å². The first-order valence-corrected chi connectivity index (χ1v) is 7.86. The molecule has 0 N–H and O–H groups in total. The first-order valence-electron chi connectivity index (χ1n) is 7.45. The van der Waals surface area contributed by atoms with Crippen LogP contribution in [0.4, 0.5) is 0 Å². The lowest BCUT2D eigenvalue weighted by atomic mass is 9.82. The summed E-state index contributed by atoms with van der Waals surface area (Å²) in [6.07, 6.45) is 1.23. The Morgan fingerprint density at radius 2 is 1.70 bits per heavy atom. The summed E-state index contributed by atoms with van der Waals surface area (Å²) in [4.78, 5) is 3.26. The molecule has 0 heterocycles. The summed E-state index contributed by atoms with van der Waals surface area (Å²) in [5, 5.41) is 0. The SMILES string of the molecule is CC1=C(C)[C@@H]2C[C@H](C(=S)N(C)C)[C@@H]1[C@@H]2c1ccccc1. The molecule has 1 aromatic carbocycles. The maximum atomic E-state index is 5.70. The molecule has 1 fully saturated rings. The van der Waals surface area contributed by atoms with Crippen LogP contribution in [0.15, 0.2) is 41.5 Å². The number of thiocarbonyl (C=S) groups is 1. The molecule has 3 rings (SSSR count). The van der Waals surface area contributed by atoms with Crippen molar-refractivity contribution in [2.75, 3.05) is 14.1 Å². The van der Waals surface area contributed by atoms with Gasteiger partial charge in [0.15, 0.2) is 0 Å². The Morgan fingerprint density at radius 3 is 2.30 bits per heavy atom. The van der Waals surface area contributed by atoms with Crippen LogP contribution < -0.4 is 0 Å². The van der Waals surface area contributed by atoms with Crippen LogP contribution >= 0.6 is 12.2 Å². The van der Waals surface area contributed by atoms with E-state index in [0.717, 1.165) is 4.99 Å². The Labute approximate surface area is 127 Å². The molecule has 1 aromatic rings. The lowest BCUT2D eigenvalue weighted by molar-refractivity contribution is 0.475. The molecule has 0 saturated heterocycles. The summed E-state index contributed by atoms with van der Waals surface area (Å²) < 4.78 is 0. The number of fused-ring (bicyclic) bond motifs is 2. The van der Waals surface area contributed by atoms with E-state index in [2.05, 4.69) is 63.2 Å². The summed E-state index contributed by atoms with van der Waals surface area (Å²) in [5.74, 6) is 2.47. The van der Waals surface area contributed by atoms with Crippen molar-refractivity contribution in [2.24, 2.45) is 17.8 Å². The normalized spacial score (nSPS) is 31.8. The average Bonchev–Trinajstić information content (AvgIpc) is 2.94. The predicted molar refractivity (Wildman–Crippen MR) is 88.9 cm³/mol. The van der Waals surface area contributed by atoms with Gasteiger partial charge < -0.3 is 4.90 Å². The molecule has 106 valence electrons. The third kappa shape index (κ3) is 1.93. The van der Waals surface area contributed by atoms with Crippen molar-refractivity contribution in [1.82, 2.24) is 4.90 Å². The molecule has 0 amide bonds. The Balaban J connectivity index is 1.98. The highest BCUT2D eigenvalue weighted by molar-refractivity contribution is 7.80. The fourth-order valence-corrected chi connectivity index (χ4v) is 4.58. The number of hydrogen-bond donors (Lipinski definition) is 0. The molecule has 2 aliphatic rings. The zero-order valence-electron chi connectivity index (χ0n) is 12.8. The maximum absolute atomic E-state index is 5.70. The van der Waals surface area contributed by atoms with Crippen molar-refractivity contribution in [3.8, 4) is 0 Å². The van der Waals surface area contributed by atoms with Gasteiger partial charge >= 0.3 is 0 Å². The van der Waals surface area contributed by atoms with Crippen molar-refractivity contribution in [2.45, 2.75) is 26.2 Å². The number of rotatable bonds is 2. The molecule has 0 spiro atoms. The van der Waals surface area contributed by atoms with E-state index in [0.29, 0.717) is 23.7 Å². The second-order valence-corrected chi connectivity index (χ2v) is 6.93. The van der Waals surface area contributed by atoms with E-state index in [1.54, 1.807) is 11.1 Å². The van der Waals surface area contributed by atoms with Crippen LogP contribution in [0.2, 0.25) is 0 Å². The minimum absolute atomic E-state index is 0.541. The standard InChI is InChI=1S/C18H23NS/c1-11-12(2)16-15(18(20)19(3)4)10-14(11)17(16)13-8-6-5-7-9-13/h5-9,14-17H,10H2,1-4H3/t14-,15-,16+,17+/m0/s1. The Kier molecular flexibility index (Phi) is 3.45. The number of hydrogen-bond acceptors (Lipinski definition) is 1. The first kappa shape index (κ1) is 13.8. The van der Waals surface area contributed by atoms with Crippen LogP contribution in [0.5, 0.6) is 0 Å². The Morgan fingerprint density at radius 1 is 1.05 bits per heavy atom. The second-order valence-electron chi connectivity index (χ2n) is 6.51. The predicted octanol–water partition coefficient (Wildman–Crippen LogP) is 4.26. The van der Waals surface area contributed by atoms with Crippen LogP contribution in [0.25, 0.3) is 0 Å². The molecule has 20 heavy (non-hydrogen) atoms. The summed E-state index contributed by atoms with van der Waals surface area (Å²) >= 11 is 5.70. The van der Waals surface area contributed by atoms with Gasteiger partial charge in [-0.25, -0.2) is 0 Å². The van der Waals surface area contributed by atoms with Crippen LogP contribution in [0.1, 0.15) is 31.7 Å². The van der Waals surface area contributed by atoms with Gasteiger partial charge in [-0.15, -0.1) is 0 Å². The van der Waals surface area contributed by atoms with E-state index < -0.39 is 0 Å². The molecule has 4 atom stereocenters. The van der Waals surface area contributed by atoms with Gasteiger partial charge in [0.05, 0.1) is 4.99 Å². The van der Waals surface area contributed by atoms with Gasteiger partial charge in [-0.2, -0.15) is 0 Å². The van der Waals surface area contributed by atoms with Gasteiger partial charge in [-0.1, -0.05) is 53.7 Å². The lowest BCUT2D eigenvalue weighted by Crippen LogP contribution is -2.32. The molecule has 2 heteroatoms. The summed E-state index contributed by atoms with van der Waals surface area (Å²) in [7, 11) is 4.16. The maximum Gasteiger partial charge on any atom is 0.0811 e. The van der Waals surface area contributed by atoms with Crippen LogP contribution in [-0.2, 0) is 0 Å². The fourth-order valence-electron chi connectivity index (χ4n) is 4.34. The van der Waals surface area contributed by atoms with Crippen molar-refractivity contribution < 1.29 is 0 Å². The molecule has 2 aliphatic carbocycles. The van der Waals surface area contributed by atoms with E-state index in [-0.39, 0.29) is 0 Å². The van der Waals surface area contributed by atoms with Crippen molar-refractivity contribution in [1.29, 1.82) is 0 Å². The van der Waals surface area contributed by atoms with E-state index in [1.807, 2.05) is 0 Å². The topological polar surface area (TPSA) is 3.24 Å². The zero-order chi connectivity index (χ0) is 14.4. The molecular formula is C18H23NS. The van der Waals surface area contributed by atoms with E-state index in [9.17, 15) is 0 Å². The third-order valence-corrected chi connectivity index (χ3v) is 6.05. The van der Waals surface area contributed by atoms with Gasteiger partial charge in [-0.3, -0.25) is 0 Å². The fraction of sp³-hybridized carbons (Fsp3) is 0.500. The third-order valence-electron chi connectivity index (χ3n) is 5.38. The van der Waals surface area contributed by atoms with Crippen LogP contribution in [0, 0.1) is 17.8 Å². The van der Waals surface area contributed by atoms with Gasteiger partial charge in [0.25, 0.3) is 0 Å².